The first-order valence-electron chi connectivity index (χ1n) is 8.14. The van der Waals surface area contributed by atoms with Crippen molar-refractivity contribution < 1.29 is 9.59 Å². The number of nitrogens with zero attached hydrogens (tertiary/aromatic N) is 1. The molecule has 0 aliphatic rings. The fourth-order valence-corrected chi connectivity index (χ4v) is 2.35. The zero-order valence-electron chi connectivity index (χ0n) is 14.0. The minimum absolute atomic E-state index is 0.00962. The second kappa shape index (κ2) is 9.18. The first kappa shape index (κ1) is 18.1. The van der Waals surface area contributed by atoms with Crippen molar-refractivity contribution in [1.29, 1.82) is 0 Å². The molecule has 1 aromatic heterocycles. The van der Waals surface area contributed by atoms with Crippen molar-refractivity contribution in [2.24, 2.45) is 11.8 Å². The number of carbonyl (C=O) groups is 2. The number of nitrogens with one attached hydrogen (secondary N) is 2. The van der Waals surface area contributed by atoms with E-state index in [4.69, 9.17) is 0 Å². The monoisotopic (exact) mass is 305 g/mol. The molecule has 0 saturated carbocycles. The number of hydrogen-bond acceptors (Lipinski definition) is 3. The molecule has 0 aliphatic heterocycles. The van der Waals surface area contributed by atoms with Crippen molar-refractivity contribution >= 4 is 23.5 Å². The van der Waals surface area contributed by atoms with Gasteiger partial charge in [0, 0.05) is 11.8 Å². The van der Waals surface area contributed by atoms with Gasteiger partial charge in [0.2, 0.25) is 11.8 Å². The van der Waals surface area contributed by atoms with Crippen molar-refractivity contribution in [3.63, 3.8) is 0 Å². The summed E-state index contributed by atoms with van der Waals surface area (Å²) in [6.07, 6.45) is 3.20. The molecule has 1 aromatic rings. The quantitative estimate of drug-likeness (QED) is 0.766. The molecule has 0 unspecified atom stereocenters. The lowest BCUT2D eigenvalue weighted by atomic mass is 10.0. The zero-order valence-corrected chi connectivity index (χ0v) is 14.0. The number of hydrogen-bond donors (Lipinski definition) is 2. The van der Waals surface area contributed by atoms with Crippen molar-refractivity contribution in [3.05, 3.63) is 18.2 Å². The number of pyridine rings is 1. The molecule has 122 valence electrons. The van der Waals surface area contributed by atoms with E-state index in [0.29, 0.717) is 11.6 Å². The van der Waals surface area contributed by atoms with E-state index < -0.39 is 0 Å². The fourth-order valence-electron chi connectivity index (χ4n) is 2.35. The maximum absolute atomic E-state index is 12.1. The van der Waals surface area contributed by atoms with Crippen LogP contribution in [0.3, 0.4) is 0 Å². The van der Waals surface area contributed by atoms with Gasteiger partial charge in [0.05, 0.1) is 0 Å². The highest BCUT2D eigenvalue weighted by Crippen LogP contribution is 2.15. The third-order valence-corrected chi connectivity index (χ3v) is 3.96. The molecule has 0 radical (unpaired) electrons. The molecule has 2 N–H and O–H groups in total. The molecule has 0 saturated heterocycles. The molecule has 0 aliphatic carbocycles. The van der Waals surface area contributed by atoms with Crippen LogP contribution in [0.2, 0.25) is 0 Å². The van der Waals surface area contributed by atoms with Crippen molar-refractivity contribution in [3.8, 4) is 0 Å². The van der Waals surface area contributed by atoms with Gasteiger partial charge in [0.1, 0.15) is 11.6 Å². The van der Waals surface area contributed by atoms with E-state index in [0.717, 1.165) is 25.7 Å². The summed E-state index contributed by atoms with van der Waals surface area (Å²) in [6.45, 7) is 7.97. The van der Waals surface area contributed by atoms with Gasteiger partial charge in [-0.05, 0) is 37.8 Å². The van der Waals surface area contributed by atoms with Crippen LogP contribution in [0.1, 0.15) is 53.4 Å². The summed E-state index contributed by atoms with van der Waals surface area (Å²) in [6, 6.07) is 5.23. The number of carbonyl (C=O) groups excluding carboxylic acids is 2. The van der Waals surface area contributed by atoms with E-state index in [1.165, 1.54) is 0 Å². The van der Waals surface area contributed by atoms with Gasteiger partial charge < -0.3 is 10.6 Å². The predicted octanol–water partition coefficient (Wildman–Crippen LogP) is 3.83. The van der Waals surface area contributed by atoms with E-state index in [2.05, 4.69) is 15.6 Å². The molecule has 0 atom stereocenters. The van der Waals surface area contributed by atoms with Crippen LogP contribution in [0.25, 0.3) is 0 Å². The van der Waals surface area contributed by atoms with Gasteiger partial charge in [-0.3, -0.25) is 9.59 Å². The maximum Gasteiger partial charge on any atom is 0.228 e. The molecule has 5 heteroatoms. The Morgan fingerprint density at radius 1 is 0.864 bits per heavy atom. The average molecular weight is 305 g/mol. The minimum Gasteiger partial charge on any atom is -0.310 e. The standard InChI is InChI=1S/C17H27N3O2/c1-5-12(6-2)16(21)19-14-10-9-11-15(18-14)20-17(22)13(7-3)8-4/h9-13H,5-8H2,1-4H3,(H2,18,19,20,21,22). The summed E-state index contributed by atoms with van der Waals surface area (Å²) in [7, 11) is 0. The van der Waals surface area contributed by atoms with Gasteiger partial charge in [0.15, 0.2) is 0 Å². The number of anilines is 2. The average Bonchev–Trinajstić information content (AvgIpc) is 2.50. The van der Waals surface area contributed by atoms with Crippen LogP contribution in [-0.2, 0) is 9.59 Å². The highest BCUT2D eigenvalue weighted by atomic mass is 16.2. The van der Waals surface area contributed by atoms with E-state index in [1.54, 1.807) is 18.2 Å². The van der Waals surface area contributed by atoms with Gasteiger partial charge in [0.25, 0.3) is 0 Å². The Bertz CT molecular complexity index is 453. The topological polar surface area (TPSA) is 71.1 Å². The third-order valence-electron chi connectivity index (χ3n) is 3.96. The summed E-state index contributed by atoms with van der Waals surface area (Å²) in [5.74, 6) is 0.870. The Kier molecular flexibility index (Phi) is 7.57. The Morgan fingerprint density at radius 2 is 1.23 bits per heavy atom. The number of amides is 2. The van der Waals surface area contributed by atoms with Crippen molar-refractivity contribution in [2.75, 3.05) is 10.6 Å². The van der Waals surface area contributed by atoms with Crippen LogP contribution in [0, 0.1) is 11.8 Å². The smallest absolute Gasteiger partial charge is 0.228 e. The number of aromatic nitrogens is 1. The molecule has 5 nitrogen and oxygen atoms in total. The Morgan fingerprint density at radius 3 is 1.55 bits per heavy atom. The highest BCUT2D eigenvalue weighted by Gasteiger charge is 2.16. The first-order valence-corrected chi connectivity index (χ1v) is 8.14. The van der Waals surface area contributed by atoms with E-state index in [9.17, 15) is 9.59 Å². The Labute approximate surface area is 132 Å². The van der Waals surface area contributed by atoms with Gasteiger partial charge in [-0.15, -0.1) is 0 Å². The lowest BCUT2D eigenvalue weighted by molar-refractivity contribution is -0.120. The predicted molar refractivity (Wildman–Crippen MR) is 89.6 cm³/mol. The SMILES string of the molecule is CCC(CC)C(=O)Nc1cccc(NC(=O)C(CC)CC)n1. The lowest BCUT2D eigenvalue weighted by Gasteiger charge is -2.14. The van der Waals surface area contributed by atoms with Crippen molar-refractivity contribution in [1.82, 2.24) is 4.98 Å². The summed E-state index contributed by atoms with van der Waals surface area (Å²) >= 11 is 0. The molecule has 22 heavy (non-hydrogen) atoms. The molecule has 0 aromatic carbocycles. The molecule has 0 spiro atoms. The highest BCUT2D eigenvalue weighted by molar-refractivity contribution is 5.93. The molecular weight excluding hydrogens is 278 g/mol. The van der Waals surface area contributed by atoms with Gasteiger partial charge in [-0.25, -0.2) is 4.98 Å². The van der Waals surface area contributed by atoms with Crippen LogP contribution in [0.4, 0.5) is 11.6 Å². The summed E-state index contributed by atoms with van der Waals surface area (Å²) in [4.78, 5) is 28.4. The molecule has 0 bridgehead atoms. The molecule has 2 amide bonds. The first-order chi connectivity index (χ1) is 10.5. The van der Waals surface area contributed by atoms with E-state index >= 15 is 0 Å². The van der Waals surface area contributed by atoms with Crippen molar-refractivity contribution in [2.45, 2.75) is 53.4 Å². The normalized spacial score (nSPS) is 10.8. The van der Waals surface area contributed by atoms with Gasteiger partial charge in [-0.2, -0.15) is 0 Å². The van der Waals surface area contributed by atoms with Crippen LogP contribution in [-0.4, -0.2) is 16.8 Å². The zero-order chi connectivity index (χ0) is 16.5. The van der Waals surface area contributed by atoms with Crippen LogP contribution < -0.4 is 10.6 Å². The van der Waals surface area contributed by atoms with Gasteiger partial charge >= 0.3 is 0 Å². The van der Waals surface area contributed by atoms with Crippen LogP contribution >= 0.6 is 0 Å². The van der Waals surface area contributed by atoms with Crippen LogP contribution in [0.15, 0.2) is 18.2 Å². The Balaban J connectivity index is 2.74. The minimum atomic E-state index is -0.0269. The summed E-state index contributed by atoms with van der Waals surface area (Å²) in [5, 5.41) is 5.63. The largest absolute Gasteiger partial charge is 0.310 e. The number of rotatable bonds is 8. The Hall–Kier alpha value is -1.91. The van der Waals surface area contributed by atoms with Crippen LogP contribution in [0.5, 0.6) is 0 Å². The van der Waals surface area contributed by atoms with E-state index in [-0.39, 0.29) is 23.7 Å². The summed E-state index contributed by atoms with van der Waals surface area (Å²) < 4.78 is 0. The maximum atomic E-state index is 12.1. The molecule has 0 fully saturated rings. The molecular formula is C17H27N3O2. The fraction of sp³-hybridized carbons (Fsp3) is 0.588. The van der Waals surface area contributed by atoms with Gasteiger partial charge in [-0.1, -0.05) is 33.8 Å². The second-order valence-electron chi connectivity index (χ2n) is 5.41. The second-order valence-corrected chi connectivity index (χ2v) is 5.41. The molecule has 1 heterocycles. The summed E-state index contributed by atoms with van der Waals surface area (Å²) in [5.41, 5.74) is 0. The van der Waals surface area contributed by atoms with E-state index in [1.807, 2.05) is 27.7 Å². The molecule has 1 rings (SSSR count). The lowest BCUT2D eigenvalue weighted by Crippen LogP contribution is -2.24. The third kappa shape index (κ3) is 5.13.